The molecule has 0 aromatic carbocycles. The second kappa shape index (κ2) is 3.69. The van der Waals surface area contributed by atoms with Crippen molar-refractivity contribution < 1.29 is 0 Å². The van der Waals surface area contributed by atoms with Crippen molar-refractivity contribution in [1.82, 2.24) is 14.8 Å². The summed E-state index contributed by atoms with van der Waals surface area (Å²) >= 11 is 3.40. The van der Waals surface area contributed by atoms with Crippen LogP contribution in [0.5, 0.6) is 0 Å². The summed E-state index contributed by atoms with van der Waals surface area (Å²) in [6, 6.07) is 2.44. The standard InChI is InChI=1S/C10H12BrN3/c1-3-7(2)14-10-8(5-13-14)4-9(11)6-12-10/h4-7H,3H2,1-2H3. The number of hydrogen-bond donors (Lipinski definition) is 0. The molecule has 1 unspecified atom stereocenters. The van der Waals surface area contributed by atoms with Crippen LogP contribution in [-0.2, 0) is 0 Å². The van der Waals surface area contributed by atoms with Gasteiger partial charge in [-0.15, -0.1) is 0 Å². The third kappa shape index (κ3) is 1.54. The molecule has 14 heavy (non-hydrogen) atoms. The molecule has 3 nitrogen and oxygen atoms in total. The Bertz CT molecular complexity index is 450. The summed E-state index contributed by atoms with van der Waals surface area (Å²) in [6.07, 6.45) is 4.73. The van der Waals surface area contributed by atoms with E-state index in [2.05, 4.69) is 39.9 Å². The lowest BCUT2D eigenvalue weighted by atomic mass is 10.2. The Morgan fingerprint density at radius 3 is 3.00 bits per heavy atom. The molecule has 4 heteroatoms. The lowest BCUT2D eigenvalue weighted by Crippen LogP contribution is -2.05. The van der Waals surface area contributed by atoms with E-state index >= 15 is 0 Å². The summed E-state index contributed by atoms with van der Waals surface area (Å²) in [5.74, 6) is 0. The first-order valence-corrected chi connectivity index (χ1v) is 5.50. The average molecular weight is 254 g/mol. The van der Waals surface area contributed by atoms with Gasteiger partial charge in [-0.25, -0.2) is 9.67 Å². The fourth-order valence-electron chi connectivity index (χ4n) is 1.41. The summed E-state index contributed by atoms with van der Waals surface area (Å²) < 4.78 is 2.97. The summed E-state index contributed by atoms with van der Waals surface area (Å²) in [4.78, 5) is 4.36. The number of halogens is 1. The topological polar surface area (TPSA) is 30.7 Å². The smallest absolute Gasteiger partial charge is 0.158 e. The minimum atomic E-state index is 0.404. The van der Waals surface area contributed by atoms with Crippen molar-refractivity contribution in [3.8, 4) is 0 Å². The third-order valence-corrected chi connectivity index (χ3v) is 2.84. The number of nitrogens with zero attached hydrogens (tertiary/aromatic N) is 3. The maximum atomic E-state index is 4.36. The Morgan fingerprint density at radius 2 is 2.29 bits per heavy atom. The Kier molecular flexibility index (Phi) is 2.54. The summed E-state index contributed by atoms with van der Waals surface area (Å²) in [6.45, 7) is 4.30. The van der Waals surface area contributed by atoms with Gasteiger partial charge in [-0.1, -0.05) is 6.92 Å². The number of aromatic nitrogens is 3. The second-order valence-electron chi connectivity index (χ2n) is 3.41. The van der Waals surface area contributed by atoms with Crippen LogP contribution in [0, 0.1) is 0 Å². The third-order valence-electron chi connectivity index (χ3n) is 2.41. The van der Waals surface area contributed by atoms with Crippen molar-refractivity contribution in [2.45, 2.75) is 26.3 Å². The highest BCUT2D eigenvalue weighted by Gasteiger charge is 2.08. The van der Waals surface area contributed by atoms with Crippen molar-refractivity contribution in [2.24, 2.45) is 0 Å². The minimum Gasteiger partial charge on any atom is -0.245 e. The van der Waals surface area contributed by atoms with Crippen molar-refractivity contribution in [2.75, 3.05) is 0 Å². The minimum absolute atomic E-state index is 0.404. The quantitative estimate of drug-likeness (QED) is 0.824. The molecule has 0 aliphatic carbocycles. The number of fused-ring (bicyclic) bond motifs is 1. The largest absolute Gasteiger partial charge is 0.245 e. The molecule has 0 N–H and O–H groups in total. The van der Waals surface area contributed by atoms with E-state index in [-0.39, 0.29) is 0 Å². The molecule has 0 spiro atoms. The highest BCUT2D eigenvalue weighted by Crippen LogP contribution is 2.20. The number of pyridine rings is 1. The molecule has 1 atom stereocenters. The Balaban J connectivity index is 2.58. The fourth-order valence-corrected chi connectivity index (χ4v) is 1.76. The highest BCUT2D eigenvalue weighted by atomic mass is 79.9. The van der Waals surface area contributed by atoms with E-state index in [0.717, 1.165) is 21.9 Å². The van der Waals surface area contributed by atoms with E-state index in [1.165, 1.54) is 0 Å². The van der Waals surface area contributed by atoms with Crippen LogP contribution in [0.3, 0.4) is 0 Å². The second-order valence-corrected chi connectivity index (χ2v) is 4.33. The zero-order valence-corrected chi connectivity index (χ0v) is 9.82. The molecular formula is C10H12BrN3. The predicted octanol–water partition coefficient (Wildman–Crippen LogP) is 3.16. The van der Waals surface area contributed by atoms with Crippen LogP contribution in [0.4, 0.5) is 0 Å². The first-order chi connectivity index (χ1) is 6.72. The number of hydrogen-bond acceptors (Lipinski definition) is 2. The molecule has 0 aliphatic rings. The first kappa shape index (κ1) is 9.65. The van der Waals surface area contributed by atoms with Gasteiger partial charge in [0, 0.05) is 16.1 Å². The van der Waals surface area contributed by atoms with Gasteiger partial charge in [-0.2, -0.15) is 5.10 Å². The van der Waals surface area contributed by atoms with Gasteiger partial charge in [0.2, 0.25) is 0 Å². The molecule has 2 rings (SSSR count). The first-order valence-electron chi connectivity index (χ1n) is 4.71. The average Bonchev–Trinajstić information content (AvgIpc) is 2.59. The van der Waals surface area contributed by atoms with Crippen molar-refractivity contribution in [1.29, 1.82) is 0 Å². The van der Waals surface area contributed by atoms with Gasteiger partial charge >= 0.3 is 0 Å². The molecule has 2 aromatic rings. The van der Waals surface area contributed by atoms with E-state index in [4.69, 9.17) is 0 Å². The molecule has 2 aromatic heterocycles. The summed E-state index contributed by atoms with van der Waals surface area (Å²) in [7, 11) is 0. The summed E-state index contributed by atoms with van der Waals surface area (Å²) in [5.41, 5.74) is 0.961. The van der Waals surface area contributed by atoms with Gasteiger partial charge in [-0.3, -0.25) is 0 Å². The van der Waals surface area contributed by atoms with Crippen LogP contribution in [0.2, 0.25) is 0 Å². The monoisotopic (exact) mass is 253 g/mol. The molecule has 2 heterocycles. The lowest BCUT2D eigenvalue weighted by Gasteiger charge is -2.09. The van der Waals surface area contributed by atoms with E-state index in [0.29, 0.717) is 6.04 Å². The van der Waals surface area contributed by atoms with Crippen molar-refractivity contribution >= 4 is 27.0 Å². The normalized spacial score (nSPS) is 13.4. The van der Waals surface area contributed by atoms with Gasteiger partial charge in [0.15, 0.2) is 5.65 Å². The molecule has 74 valence electrons. The zero-order chi connectivity index (χ0) is 10.1. The Hall–Kier alpha value is -0.900. The fraction of sp³-hybridized carbons (Fsp3) is 0.400. The SMILES string of the molecule is CCC(C)n1ncc2cc(Br)cnc21. The Labute approximate surface area is 91.3 Å². The predicted molar refractivity (Wildman–Crippen MR) is 60.2 cm³/mol. The van der Waals surface area contributed by atoms with Crippen LogP contribution in [0.15, 0.2) is 22.9 Å². The van der Waals surface area contributed by atoms with E-state index in [1.54, 1.807) is 0 Å². The van der Waals surface area contributed by atoms with Crippen LogP contribution in [0.25, 0.3) is 11.0 Å². The lowest BCUT2D eigenvalue weighted by molar-refractivity contribution is 0.490. The maximum Gasteiger partial charge on any atom is 0.158 e. The van der Waals surface area contributed by atoms with Gasteiger partial charge in [0.1, 0.15) is 0 Å². The number of rotatable bonds is 2. The Morgan fingerprint density at radius 1 is 1.50 bits per heavy atom. The molecule has 0 bridgehead atoms. The molecule has 0 amide bonds. The van der Waals surface area contributed by atoms with E-state index in [1.807, 2.05) is 23.1 Å². The van der Waals surface area contributed by atoms with Crippen LogP contribution < -0.4 is 0 Å². The van der Waals surface area contributed by atoms with Gasteiger partial charge in [0.05, 0.1) is 12.2 Å². The van der Waals surface area contributed by atoms with Gasteiger partial charge < -0.3 is 0 Å². The molecule has 0 fully saturated rings. The highest BCUT2D eigenvalue weighted by molar-refractivity contribution is 9.10. The van der Waals surface area contributed by atoms with Crippen LogP contribution >= 0.6 is 15.9 Å². The molecule has 0 saturated heterocycles. The van der Waals surface area contributed by atoms with E-state index in [9.17, 15) is 0 Å². The van der Waals surface area contributed by atoms with Crippen LogP contribution in [-0.4, -0.2) is 14.8 Å². The molecule has 0 radical (unpaired) electrons. The van der Waals surface area contributed by atoms with Crippen molar-refractivity contribution in [3.63, 3.8) is 0 Å². The zero-order valence-electron chi connectivity index (χ0n) is 8.24. The molecule has 0 saturated carbocycles. The molecular weight excluding hydrogens is 242 g/mol. The van der Waals surface area contributed by atoms with Gasteiger partial charge in [-0.05, 0) is 35.3 Å². The molecule has 0 aliphatic heterocycles. The maximum absolute atomic E-state index is 4.36. The van der Waals surface area contributed by atoms with Crippen molar-refractivity contribution in [3.05, 3.63) is 22.9 Å². The van der Waals surface area contributed by atoms with Crippen LogP contribution in [0.1, 0.15) is 26.3 Å². The summed E-state index contributed by atoms with van der Waals surface area (Å²) in [5, 5.41) is 5.42. The van der Waals surface area contributed by atoms with E-state index < -0.39 is 0 Å². The van der Waals surface area contributed by atoms with Gasteiger partial charge in [0.25, 0.3) is 0 Å².